The minimum absolute atomic E-state index is 0.490. The summed E-state index contributed by atoms with van der Waals surface area (Å²) < 4.78 is 0. The van der Waals surface area contributed by atoms with Gasteiger partial charge in [-0.1, -0.05) is 65.3 Å². The normalized spacial score (nSPS) is 11.9. The van der Waals surface area contributed by atoms with Gasteiger partial charge in [0.2, 0.25) is 0 Å². The first-order chi connectivity index (χ1) is 7.34. The number of hydrogen-bond donors (Lipinski definition) is 0. The average molecular weight is 239 g/mol. The van der Waals surface area contributed by atoms with Crippen molar-refractivity contribution in [3.8, 4) is 0 Å². The summed E-state index contributed by atoms with van der Waals surface area (Å²) in [5, 5.41) is 0.967. The SMILES string of the molecule is CC(C)c1cc(C(C)C)c(Cl)c(C(C)C)c1. The Kier molecular flexibility index (Phi) is 4.43. The van der Waals surface area contributed by atoms with Gasteiger partial charge in [0.25, 0.3) is 0 Å². The zero-order valence-electron chi connectivity index (χ0n) is 11.3. The second kappa shape index (κ2) is 5.23. The van der Waals surface area contributed by atoms with E-state index in [9.17, 15) is 0 Å². The maximum Gasteiger partial charge on any atom is 0.0475 e. The van der Waals surface area contributed by atoms with Crippen molar-refractivity contribution in [1.82, 2.24) is 0 Å². The quantitative estimate of drug-likeness (QED) is 0.633. The summed E-state index contributed by atoms with van der Waals surface area (Å²) in [6, 6.07) is 4.53. The molecule has 0 amide bonds. The Morgan fingerprint density at radius 2 is 1.12 bits per heavy atom. The summed E-state index contributed by atoms with van der Waals surface area (Å²) in [6.45, 7) is 13.3. The van der Waals surface area contributed by atoms with Crippen LogP contribution in [0, 0.1) is 0 Å². The van der Waals surface area contributed by atoms with Crippen LogP contribution >= 0.6 is 11.6 Å². The van der Waals surface area contributed by atoms with E-state index in [4.69, 9.17) is 11.6 Å². The first kappa shape index (κ1) is 13.6. The van der Waals surface area contributed by atoms with Gasteiger partial charge in [0.1, 0.15) is 0 Å². The van der Waals surface area contributed by atoms with E-state index in [1.165, 1.54) is 16.7 Å². The van der Waals surface area contributed by atoms with E-state index in [2.05, 4.69) is 53.7 Å². The molecule has 0 unspecified atom stereocenters. The van der Waals surface area contributed by atoms with Crippen molar-refractivity contribution in [3.63, 3.8) is 0 Å². The van der Waals surface area contributed by atoms with Gasteiger partial charge >= 0.3 is 0 Å². The molecule has 1 rings (SSSR count). The zero-order valence-corrected chi connectivity index (χ0v) is 12.0. The summed E-state index contributed by atoms with van der Waals surface area (Å²) in [5.74, 6) is 1.54. The predicted molar refractivity (Wildman–Crippen MR) is 73.7 cm³/mol. The second-order valence-corrected chi connectivity index (χ2v) is 5.86. The predicted octanol–water partition coefficient (Wildman–Crippen LogP) is 5.71. The van der Waals surface area contributed by atoms with Gasteiger partial charge in [0, 0.05) is 5.02 Å². The van der Waals surface area contributed by atoms with Crippen molar-refractivity contribution in [1.29, 1.82) is 0 Å². The van der Waals surface area contributed by atoms with Crippen LogP contribution in [0.5, 0.6) is 0 Å². The molecule has 90 valence electrons. The van der Waals surface area contributed by atoms with Crippen LogP contribution in [0.2, 0.25) is 5.02 Å². The molecule has 0 aliphatic heterocycles. The lowest BCUT2D eigenvalue weighted by Gasteiger charge is -2.19. The fourth-order valence-corrected chi connectivity index (χ4v) is 2.41. The molecule has 0 radical (unpaired) electrons. The Bertz CT molecular complexity index is 333. The summed E-state index contributed by atoms with van der Waals surface area (Å²) in [6.07, 6.45) is 0. The first-order valence-electron chi connectivity index (χ1n) is 6.17. The Morgan fingerprint density at radius 1 is 0.750 bits per heavy atom. The standard InChI is InChI=1S/C15H23Cl/c1-9(2)12-7-13(10(3)4)15(16)14(8-12)11(5)6/h7-11H,1-6H3. The topological polar surface area (TPSA) is 0 Å². The van der Waals surface area contributed by atoms with Gasteiger partial charge in [-0.3, -0.25) is 0 Å². The molecular weight excluding hydrogens is 216 g/mol. The number of rotatable bonds is 3. The molecule has 1 aromatic carbocycles. The summed E-state index contributed by atoms with van der Waals surface area (Å²) in [4.78, 5) is 0. The van der Waals surface area contributed by atoms with Crippen LogP contribution in [0.25, 0.3) is 0 Å². The van der Waals surface area contributed by atoms with Gasteiger partial charge in [-0.05, 0) is 34.4 Å². The van der Waals surface area contributed by atoms with Crippen molar-refractivity contribution in [2.24, 2.45) is 0 Å². The smallest absolute Gasteiger partial charge is 0.0475 e. The van der Waals surface area contributed by atoms with Crippen LogP contribution in [0.4, 0.5) is 0 Å². The second-order valence-electron chi connectivity index (χ2n) is 5.48. The Balaban J connectivity index is 3.39. The van der Waals surface area contributed by atoms with Crippen LogP contribution in [-0.4, -0.2) is 0 Å². The van der Waals surface area contributed by atoms with E-state index < -0.39 is 0 Å². The van der Waals surface area contributed by atoms with Gasteiger partial charge in [-0.2, -0.15) is 0 Å². The van der Waals surface area contributed by atoms with Crippen LogP contribution in [0.1, 0.15) is 76.0 Å². The van der Waals surface area contributed by atoms with Crippen molar-refractivity contribution in [2.75, 3.05) is 0 Å². The van der Waals surface area contributed by atoms with Gasteiger partial charge < -0.3 is 0 Å². The third-order valence-corrected chi connectivity index (χ3v) is 3.50. The Morgan fingerprint density at radius 3 is 1.38 bits per heavy atom. The molecule has 0 saturated carbocycles. The van der Waals surface area contributed by atoms with Crippen LogP contribution < -0.4 is 0 Å². The van der Waals surface area contributed by atoms with Crippen LogP contribution in [-0.2, 0) is 0 Å². The van der Waals surface area contributed by atoms with Gasteiger partial charge in [-0.25, -0.2) is 0 Å². The summed E-state index contributed by atoms with van der Waals surface area (Å²) in [5.41, 5.74) is 3.98. The van der Waals surface area contributed by atoms with E-state index >= 15 is 0 Å². The molecule has 1 heteroatoms. The van der Waals surface area contributed by atoms with E-state index in [1.54, 1.807) is 0 Å². The lowest BCUT2D eigenvalue weighted by molar-refractivity contribution is 0.805. The molecule has 0 bridgehead atoms. The highest BCUT2D eigenvalue weighted by Crippen LogP contribution is 2.35. The Labute approximate surface area is 105 Å². The highest BCUT2D eigenvalue weighted by atomic mass is 35.5. The zero-order chi connectivity index (χ0) is 12.5. The molecule has 0 heterocycles. The third-order valence-electron chi connectivity index (χ3n) is 3.06. The monoisotopic (exact) mass is 238 g/mol. The average Bonchev–Trinajstić information content (AvgIpc) is 2.16. The first-order valence-corrected chi connectivity index (χ1v) is 6.55. The highest BCUT2D eigenvalue weighted by molar-refractivity contribution is 6.32. The van der Waals surface area contributed by atoms with E-state index in [0.29, 0.717) is 17.8 Å². The fraction of sp³-hybridized carbons (Fsp3) is 0.600. The van der Waals surface area contributed by atoms with Crippen molar-refractivity contribution >= 4 is 11.6 Å². The van der Waals surface area contributed by atoms with Crippen molar-refractivity contribution in [3.05, 3.63) is 33.8 Å². The highest BCUT2D eigenvalue weighted by Gasteiger charge is 2.15. The Hall–Kier alpha value is -0.490. The minimum Gasteiger partial charge on any atom is -0.0837 e. The molecule has 0 saturated heterocycles. The molecule has 0 spiro atoms. The molecule has 0 aliphatic rings. The van der Waals surface area contributed by atoms with E-state index in [0.717, 1.165) is 5.02 Å². The maximum absolute atomic E-state index is 6.48. The molecular formula is C15H23Cl. The lowest BCUT2D eigenvalue weighted by atomic mass is 9.89. The van der Waals surface area contributed by atoms with Crippen LogP contribution in [0.15, 0.2) is 12.1 Å². The van der Waals surface area contributed by atoms with Gasteiger partial charge in [0.05, 0.1) is 0 Å². The largest absolute Gasteiger partial charge is 0.0837 e. The van der Waals surface area contributed by atoms with Crippen molar-refractivity contribution in [2.45, 2.75) is 59.3 Å². The fourth-order valence-electron chi connectivity index (χ4n) is 1.87. The number of benzene rings is 1. The molecule has 1 aromatic rings. The summed E-state index contributed by atoms with van der Waals surface area (Å²) in [7, 11) is 0. The molecule has 0 nitrogen and oxygen atoms in total. The van der Waals surface area contributed by atoms with Crippen LogP contribution in [0.3, 0.4) is 0 Å². The van der Waals surface area contributed by atoms with Gasteiger partial charge in [0.15, 0.2) is 0 Å². The molecule has 0 N–H and O–H groups in total. The summed E-state index contributed by atoms with van der Waals surface area (Å²) >= 11 is 6.48. The maximum atomic E-state index is 6.48. The van der Waals surface area contributed by atoms with Gasteiger partial charge in [-0.15, -0.1) is 0 Å². The van der Waals surface area contributed by atoms with Crippen molar-refractivity contribution < 1.29 is 0 Å². The molecule has 0 aromatic heterocycles. The van der Waals surface area contributed by atoms with E-state index in [1.807, 2.05) is 0 Å². The minimum atomic E-state index is 0.490. The molecule has 16 heavy (non-hydrogen) atoms. The number of hydrogen-bond acceptors (Lipinski definition) is 0. The molecule has 0 fully saturated rings. The van der Waals surface area contributed by atoms with E-state index in [-0.39, 0.29) is 0 Å². The number of halogens is 1. The third kappa shape index (κ3) is 2.79. The molecule has 0 aliphatic carbocycles. The lowest BCUT2D eigenvalue weighted by Crippen LogP contribution is -2.00. The molecule has 0 atom stereocenters.